The lowest BCUT2D eigenvalue weighted by Crippen LogP contribution is -2.15. The quantitative estimate of drug-likeness (QED) is 0.428. The number of rotatable bonds is 9. The van der Waals surface area contributed by atoms with Crippen molar-refractivity contribution in [2.45, 2.75) is 31.7 Å². The van der Waals surface area contributed by atoms with Crippen molar-refractivity contribution in [2.75, 3.05) is 18.2 Å². The number of aromatic nitrogens is 3. The number of nitrogens with one attached hydrogen (secondary N) is 1. The maximum atomic E-state index is 12.3. The minimum absolute atomic E-state index is 0.113. The van der Waals surface area contributed by atoms with Crippen LogP contribution in [0.25, 0.3) is 0 Å². The summed E-state index contributed by atoms with van der Waals surface area (Å²) in [5.41, 5.74) is 0.736. The van der Waals surface area contributed by atoms with Gasteiger partial charge in [-0.15, -0.1) is 10.2 Å². The number of ether oxygens (including phenoxy) is 2. The minimum atomic E-state index is -0.336. The third-order valence-electron chi connectivity index (χ3n) is 4.28. The molecule has 1 atom stereocenters. The predicted molar refractivity (Wildman–Crippen MR) is 121 cm³/mol. The van der Waals surface area contributed by atoms with Crippen molar-refractivity contribution in [1.82, 2.24) is 14.8 Å². The molecule has 1 heterocycles. The number of para-hydroxylation sites is 3. The number of halogens is 1. The Morgan fingerprint density at radius 3 is 2.57 bits per heavy atom. The van der Waals surface area contributed by atoms with Gasteiger partial charge in [-0.2, -0.15) is 0 Å². The molecule has 0 radical (unpaired) electrons. The van der Waals surface area contributed by atoms with Gasteiger partial charge in [-0.25, -0.2) is 0 Å². The highest BCUT2D eigenvalue weighted by molar-refractivity contribution is 9.10. The van der Waals surface area contributed by atoms with Crippen molar-refractivity contribution in [2.24, 2.45) is 0 Å². The molecule has 158 valence electrons. The Labute approximate surface area is 188 Å². The molecule has 0 bridgehead atoms. The number of hydrogen-bond acceptors (Lipinski definition) is 6. The highest BCUT2D eigenvalue weighted by atomic mass is 79.9. The lowest BCUT2D eigenvalue weighted by Gasteiger charge is -2.17. The Morgan fingerprint density at radius 1 is 1.17 bits per heavy atom. The van der Waals surface area contributed by atoms with E-state index in [1.165, 1.54) is 11.8 Å². The Bertz CT molecular complexity index is 1010. The third-order valence-corrected chi connectivity index (χ3v) is 5.94. The topological polar surface area (TPSA) is 78.3 Å². The molecule has 2 aromatic carbocycles. The number of thioether (sulfide) groups is 1. The molecule has 0 spiro atoms. The molecule has 0 saturated carbocycles. The summed E-state index contributed by atoms with van der Waals surface area (Å²) in [7, 11) is 1.61. The van der Waals surface area contributed by atoms with Crippen LogP contribution in [0.2, 0.25) is 0 Å². The first-order chi connectivity index (χ1) is 14.5. The second-order valence-electron chi connectivity index (χ2n) is 6.31. The fourth-order valence-corrected chi connectivity index (χ4v) is 4.04. The molecule has 7 nitrogen and oxygen atoms in total. The molecule has 3 rings (SSSR count). The number of methoxy groups -OCH3 is 1. The standard InChI is InChI=1S/C21H23BrN4O3S/c1-4-26-20(14(2)29-18-12-8-7-11-17(18)28-3)24-25-21(26)30-13-19(27)23-16-10-6-5-9-15(16)22/h5-12,14H,4,13H2,1-3H3,(H,23,27). The lowest BCUT2D eigenvalue weighted by molar-refractivity contribution is -0.113. The third kappa shape index (κ3) is 5.34. The summed E-state index contributed by atoms with van der Waals surface area (Å²) < 4.78 is 14.2. The van der Waals surface area contributed by atoms with Crippen LogP contribution in [0.3, 0.4) is 0 Å². The van der Waals surface area contributed by atoms with Crippen molar-refractivity contribution in [3.05, 3.63) is 58.8 Å². The zero-order valence-electron chi connectivity index (χ0n) is 17.0. The van der Waals surface area contributed by atoms with Crippen LogP contribution in [0.15, 0.2) is 58.2 Å². The molecule has 0 aliphatic carbocycles. The average Bonchev–Trinajstić information content (AvgIpc) is 3.17. The molecule has 30 heavy (non-hydrogen) atoms. The number of amides is 1. The summed E-state index contributed by atoms with van der Waals surface area (Å²) in [5, 5.41) is 12.1. The van der Waals surface area contributed by atoms with Crippen molar-refractivity contribution in [1.29, 1.82) is 0 Å². The molecule has 0 fully saturated rings. The highest BCUT2D eigenvalue weighted by Crippen LogP contribution is 2.31. The van der Waals surface area contributed by atoms with Gasteiger partial charge in [-0.1, -0.05) is 36.0 Å². The van der Waals surface area contributed by atoms with E-state index in [1.807, 2.05) is 66.9 Å². The van der Waals surface area contributed by atoms with Crippen molar-refractivity contribution in [3.8, 4) is 11.5 Å². The van der Waals surface area contributed by atoms with Gasteiger partial charge in [0.2, 0.25) is 5.91 Å². The van der Waals surface area contributed by atoms with Gasteiger partial charge < -0.3 is 19.4 Å². The van der Waals surface area contributed by atoms with E-state index < -0.39 is 0 Å². The fourth-order valence-electron chi connectivity index (χ4n) is 2.84. The van der Waals surface area contributed by atoms with Gasteiger partial charge in [0.1, 0.15) is 0 Å². The Balaban J connectivity index is 1.66. The zero-order chi connectivity index (χ0) is 21.5. The normalized spacial score (nSPS) is 11.7. The number of carbonyl (C=O) groups is 1. The van der Waals surface area contributed by atoms with Gasteiger partial charge in [0.15, 0.2) is 28.6 Å². The summed E-state index contributed by atoms with van der Waals surface area (Å²) in [6.45, 7) is 4.58. The maximum Gasteiger partial charge on any atom is 0.234 e. The second kappa shape index (κ2) is 10.5. The van der Waals surface area contributed by atoms with Crippen LogP contribution in [0.1, 0.15) is 25.8 Å². The van der Waals surface area contributed by atoms with Gasteiger partial charge in [0.25, 0.3) is 0 Å². The van der Waals surface area contributed by atoms with E-state index in [2.05, 4.69) is 31.4 Å². The SMILES string of the molecule is CCn1c(SCC(=O)Nc2ccccc2Br)nnc1C(C)Oc1ccccc1OC. The van der Waals surface area contributed by atoms with Crippen molar-refractivity contribution in [3.63, 3.8) is 0 Å². The van der Waals surface area contributed by atoms with Crippen molar-refractivity contribution < 1.29 is 14.3 Å². The van der Waals surface area contributed by atoms with Crippen LogP contribution in [-0.2, 0) is 11.3 Å². The number of hydrogen-bond donors (Lipinski definition) is 1. The first kappa shape index (κ1) is 22.2. The van der Waals surface area contributed by atoms with E-state index in [-0.39, 0.29) is 17.8 Å². The van der Waals surface area contributed by atoms with E-state index in [9.17, 15) is 4.79 Å². The van der Waals surface area contributed by atoms with Crippen LogP contribution in [0, 0.1) is 0 Å². The van der Waals surface area contributed by atoms with Crippen LogP contribution in [0.4, 0.5) is 5.69 Å². The Hall–Kier alpha value is -2.52. The van der Waals surface area contributed by atoms with E-state index in [1.54, 1.807) is 7.11 Å². The van der Waals surface area contributed by atoms with E-state index in [0.717, 1.165) is 10.2 Å². The van der Waals surface area contributed by atoms with Gasteiger partial charge in [0.05, 0.1) is 18.6 Å². The molecular formula is C21H23BrN4O3S. The lowest BCUT2D eigenvalue weighted by atomic mass is 10.3. The summed E-state index contributed by atoms with van der Waals surface area (Å²) in [4.78, 5) is 12.3. The smallest absolute Gasteiger partial charge is 0.234 e. The first-order valence-corrected chi connectivity index (χ1v) is 11.2. The summed E-state index contributed by atoms with van der Waals surface area (Å²) in [6, 6.07) is 15.0. The number of benzene rings is 2. The minimum Gasteiger partial charge on any atom is -0.493 e. The molecule has 1 N–H and O–H groups in total. The maximum absolute atomic E-state index is 12.3. The number of anilines is 1. The predicted octanol–water partition coefficient (Wildman–Crippen LogP) is 4.94. The largest absolute Gasteiger partial charge is 0.493 e. The second-order valence-corrected chi connectivity index (χ2v) is 8.11. The average molecular weight is 491 g/mol. The molecule has 0 saturated heterocycles. The molecule has 1 amide bonds. The van der Waals surface area contributed by atoms with Crippen molar-refractivity contribution >= 4 is 39.3 Å². The van der Waals surface area contributed by atoms with Gasteiger partial charge in [-0.05, 0) is 54.0 Å². The van der Waals surface area contributed by atoms with E-state index in [0.29, 0.717) is 29.0 Å². The van der Waals surface area contributed by atoms with Gasteiger partial charge >= 0.3 is 0 Å². The van der Waals surface area contributed by atoms with Crippen LogP contribution in [0.5, 0.6) is 11.5 Å². The zero-order valence-corrected chi connectivity index (χ0v) is 19.4. The molecule has 9 heteroatoms. The molecule has 0 aliphatic rings. The summed E-state index contributed by atoms with van der Waals surface area (Å²) >= 11 is 4.77. The van der Waals surface area contributed by atoms with Gasteiger partial charge in [-0.3, -0.25) is 4.79 Å². The number of nitrogens with zero attached hydrogens (tertiary/aromatic N) is 3. The molecule has 1 aromatic heterocycles. The molecule has 1 unspecified atom stereocenters. The van der Waals surface area contributed by atoms with E-state index >= 15 is 0 Å². The highest BCUT2D eigenvalue weighted by Gasteiger charge is 2.20. The van der Waals surface area contributed by atoms with E-state index in [4.69, 9.17) is 9.47 Å². The summed E-state index contributed by atoms with van der Waals surface area (Å²) in [5.74, 6) is 2.10. The monoisotopic (exact) mass is 490 g/mol. The van der Waals surface area contributed by atoms with Crippen LogP contribution in [-0.4, -0.2) is 33.5 Å². The Kier molecular flexibility index (Phi) is 7.75. The molecule has 0 aliphatic heterocycles. The first-order valence-electron chi connectivity index (χ1n) is 9.43. The molecule has 3 aromatic rings. The fraction of sp³-hybridized carbons (Fsp3) is 0.286. The molecular weight excluding hydrogens is 468 g/mol. The Morgan fingerprint density at radius 2 is 1.87 bits per heavy atom. The van der Waals surface area contributed by atoms with Crippen LogP contribution < -0.4 is 14.8 Å². The number of carbonyl (C=O) groups excluding carboxylic acids is 1. The van der Waals surface area contributed by atoms with Gasteiger partial charge in [0, 0.05) is 11.0 Å². The van der Waals surface area contributed by atoms with Crippen LogP contribution >= 0.6 is 27.7 Å². The summed E-state index contributed by atoms with van der Waals surface area (Å²) in [6.07, 6.45) is -0.336.